The molecular weight excluding hydrogens is 248 g/mol. The summed E-state index contributed by atoms with van der Waals surface area (Å²) in [7, 11) is 0. The number of esters is 1. The summed E-state index contributed by atoms with van der Waals surface area (Å²) in [5, 5.41) is 0. The first-order valence-electron chi connectivity index (χ1n) is 8.35. The summed E-state index contributed by atoms with van der Waals surface area (Å²) in [6.45, 7) is 6.19. The van der Waals surface area contributed by atoms with Gasteiger partial charge in [0.15, 0.2) is 0 Å². The molecule has 1 atom stereocenters. The molecule has 0 fully saturated rings. The maximum absolute atomic E-state index is 11.4. The molecule has 0 rings (SSSR count). The predicted molar refractivity (Wildman–Crippen MR) is 85.5 cm³/mol. The number of rotatable bonds is 11. The fraction of sp³-hybridized carbons (Fsp3) is 0.833. The van der Waals surface area contributed by atoms with E-state index in [1.807, 2.05) is 13.8 Å². The number of carbonyl (C=O) groups excluding carboxylic acids is 1. The Bertz CT molecular complexity index is 286. The number of hydrogen-bond donors (Lipinski definition) is 0. The smallest absolute Gasteiger partial charge is 0.306 e. The van der Waals surface area contributed by atoms with E-state index in [1.54, 1.807) is 0 Å². The Morgan fingerprint density at radius 3 is 2.10 bits per heavy atom. The molecule has 0 N–H and O–H groups in total. The first kappa shape index (κ1) is 19.0. The molecule has 0 amide bonds. The van der Waals surface area contributed by atoms with E-state index in [-0.39, 0.29) is 12.1 Å². The molecule has 0 radical (unpaired) electrons. The van der Waals surface area contributed by atoms with E-state index in [4.69, 9.17) is 4.74 Å². The Morgan fingerprint density at radius 1 is 0.950 bits per heavy atom. The molecule has 0 aliphatic heterocycles. The molecule has 0 bridgehead atoms. The van der Waals surface area contributed by atoms with Crippen LogP contribution >= 0.6 is 0 Å². The summed E-state index contributed by atoms with van der Waals surface area (Å²) in [5.74, 6) is 6.41. The molecule has 0 saturated heterocycles. The van der Waals surface area contributed by atoms with Crippen molar-refractivity contribution in [1.82, 2.24) is 0 Å². The third-order valence-corrected chi connectivity index (χ3v) is 3.37. The molecule has 2 heteroatoms. The van der Waals surface area contributed by atoms with E-state index in [2.05, 4.69) is 18.8 Å². The second-order valence-electron chi connectivity index (χ2n) is 5.43. The molecule has 0 aliphatic carbocycles. The zero-order valence-corrected chi connectivity index (χ0v) is 13.7. The van der Waals surface area contributed by atoms with Crippen LogP contribution in [0.25, 0.3) is 0 Å². The lowest BCUT2D eigenvalue weighted by Gasteiger charge is -2.10. The van der Waals surface area contributed by atoms with Crippen molar-refractivity contribution >= 4 is 5.97 Å². The highest BCUT2D eigenvalue weighted by molar-refractivity contribution is 5.69. The van der Waals surface area contributed by atoms with Gasteiger partial charge in [-0.1, -0.05) is 39.5 Å². The fourth-order valence-electron chi connectivity index (χ4n) is 1.84. The number of hydrogen-bond acceptors (Lipinski definition) is 2. The van der Waals surface area contributed by atoms with Crippen LogP contribution in [-0.4, -0.2) is 12.1 Å². The minimum Gasteiger partial charge on any atom is -0.463 e. The summed E-state index contributed by atoms with van der Waals surface area (Å²) in [5.41, 5.74) is 0. The molecule has 0 heterocycles. The molecule has 116 valence electrons. The Balaban J connectivity index is 3.32. The monoisotopic (exact) mass is 280 g/mol. The Kier molecular flexibility index (Phi) is 13.7. The van der Waals surface area contributed by atoms with Crippen LogP contribution < -0.4 is 0 Å². The lowest BCUT2D eigenvalue weighted by atomic mass is 10.1. The molecule has 2 nitrogen and oxygen atoms in total. The minimum atomic E-state index is -0.0543. The Hall–Kier alpha value is -0.970. The summed E-state index contributed by atoms with van der Waals surface area (Å²) in [6, 6.07) is 0. The van der Waals surface area contributed by atoms with Gasteiger partial charge in [0.05, 0.1) is 6.10 Å². The van der Waals surface area contributed by atoms with E-state index >= 15 is 0 Å². The largest absolute Gasteiger partial charge is 0.463 e. The first-order valence-corrected chi connectivity index (χ1v) is 8.35. The first-order chi connectivity index (χ1) is 9.70. The van der Waals surface area contributed by atoms with Crippen molar-refractivity contribution < 1.29 is 9.53 Å². The van der Waals surface area contributed by atoms with E-state index < -0.39 is 0 Å². The Morgan fingerprint density at radius 2 is 1.55 bits per heavy atom. The van der Waals surface area contributed by atoms with Crippen LogP contribution in [0.1, 0.15) is 91.4 Å². The standard InChI is InChI=1S/C18H32O2/c1-4-6-7-8-9-10-11-12-13-14-15-16-18(19)20-17(3)5-2/h17H,4-9,12-16H2,1-3H3. The SMILES string of the molecule is CCCCCCC#CCCCCCC(=O)OC(C)CC. The van der Waals surface area contributed by atoms with Crippen molar-refractivity contribution in [2.45, 2.75) is 97.5 Å². The molecule has 0 spiro atoms. The van der Waals surface area contributed by atoms with E-state index in [0.29, 0.717) is 6.42 Å². The zero-order chi connectivity index (χ0) is 15.1. The van der Waals surface area contributed by atoms with Gasteiger partial charge in [-0.2, -0.15) is 0 Å². The van der Waals surface area contributed by atoms with Gasteiger partial charge in [0.1, 0.15) is 0 Å². The van der Waals surface area contributed by atoms with Gasteiger partial charge in [0, 0.05) is 19.3 Å². The molecule has 0 aliphatic rings. The average molecular weight is 280 g/mol. The second kappa shape index (κ2) is 14.4. The van der Waals surface area contributed by atoms with Gasteiger partial charge in [-0.15, -0.1) is 11.8 Å². The van der Waals surface area contributed by atoms with Gasteiger partial charge in [0.25, 0.3) is 0 Å². The maximum Gasteiger partial charge on any atom is 0.306 e. The van der Waals surface area contributed by atoms with Crippen LogP contribution in [0.5, 0.6) is 0 Å². The zero-order valence-electron chi connectivity index (χ0n) is 13.7. The highest BCUT2D eigenvalue weighted by Crippen LogP contribution is 2.06. The molecule has 0 aromatic rings. The maximum atomic E-state index is 11.4. The van der Waals surface area contributed by atoms with Crippen LogP contribution in [0.2, 0.25) is 0 Å². The lowest BCUT2D eigenvalue weighted by Crippen LogP contribution is -2.13. The predicted octanol–water partition coefficient (Wildman–Crippen LogP) is 5.25. The van der Waals surface area contributed by atoms with Gasteiger partial charge >= 0.3 is 5.97 Å². The van der Waals surface area contributed by atoms with E-state index in [9.17, 15) is 4.79 Å². The van der Waals surface area contributed by atoms with Gasteiger partial charge in [-0.25, -0.2) is 0 Å². The summed E-state index contributed by atoms with van der Waals surface area (Å²) < 4.78 is 5.22. The summed E-state index contributed by atoms with van der Waals surface area (Å²) in [4.78, 5) is 11.4. The number of ether oxygens (including phenoxy) is 1. The number of unbranched alkanes of at least 4 members (excludes halogenated alkanes) is 7. The summed E-state index contributed by atoms with van der Waals surface area (Å²) in [6.07, 6.45) is 11.8. The van der Waals surface area contributed by atoms with Gasteiger partial charge in [-0.3, -0.25) is 4.79 Å². The highest BCUT2D eigenvalue weighted by atomic mass is 16.5. The molecular formula is C18H32O2. The van der Waals surface area contributed by atoms with Crippen molar-refractivity contribution in [3.05, 3.63) is 0 Å². The number of carbonyl (C=O) groups is 1. The van der Waals surface area contributed by atoms with Gasteiger partial charge < -0.3 is 4.74 Å². The normalized spacial score (nSPS) is 11.6. The van der Waals surface area contributed by atoms with Crippen LogP contribution in [0.15, 0.2) is 0 Å². The van der Waals surface area contributed by atoms with Crippen molar-refractivity contribution in [3.63, 3.8) is 0 Å². The van der Waals surface area contributed by atoms with Gasteiger partial charge in [0.2, 0.25) is 0 Å². The highest BCUT2D eigenvalue weighted by Gasteiger charge is 2.06. The van der Waals surface area contributed by atoms with Crippen molar-refractivity contribution in [2.75, 3.05) is 0 Å². The van der Waals surface area contributed by atoms with Crippen molar-refractivity contribution in [3.8, 4) is 11.8 Å². The molecule has 20 heavy (non-hydrogen) atoms. The topological polar surface area (TPSA) is 26.3 Å². The van der Waals surface area contributed by atoms with Crippen LogP contribution in [0.4, 0.5) is 0 Å². The van der Waals surface area contributed by atoms with Gasteiger partial charge in [-0.05, 0) is 32.6 Å². The molecule has 0 aromatic heterocycles. The van der Waals surface area contributed by atoms with Crippen LogP contribution in [-0.2, 0) is 9.53 Å². The van der Waals surface area contributed by atoms with Crippen LogP contribution in [0, 0.1) is 11.8 Å². The quantitative estimate of drug-likeness (QED) is 0.293. The minimum absolute atomic E-state index is 0.0543. The average Bonchev–Trinajstić information content (AvgIpc) is 2.44. The summed E-state index contributed by atoms with van der Waals surface area (Å²) >= 11 is 0. The van der Waals surface area contributed by atoms with Crippen LogP contribution in [0.3, 0.4) is 0 Å². The third-order valence-electron chi connectivity index (χ3n) is 3.37. The lowest BCUT2D eigenvalue weighted by molar-refractivity contribution is -0.148. The Labute approximate surface area is 125 Å². The van der Waals surface area contributed by atoms with Crippen molar-refractivity contribution in [1.29, 1.82) is 0 Å². The van der Waals surface area contributed by atoms with Crippen molar-refractivity contribution in [2.24, 2.45) is 0 Å². The van der Waals surface area contributed by atoms with E-state index in [0.717, 1.165) is 38.5 Å². The fourth-order valence-corrected chi connectivity index (χ4v) is 1.84. The molecule has 0 saturated carbocycles. The molecule has 0 aromatic carbocycles. The third kappa shape index (κ3) is 13.5. The second-order valence-corrected chi connectivity index (χ2v) is 5.43. The molecule has 1 unspecified atom stereocenters. The van der Waals surface area contributed by atoms with E-state index in [1.165, 1.54) is 25.7 Å².